The molecule has 1 saturated carbocycles. The number of benzene rings is 1. The summed E-state index contributed by atoms with van der Waals surface area (Å²) in [5.74, 6) is 0. The summed E-state index contributed by atoms with van der Waals surface area (Å²) >= 11 is 6.34. The molecule has 0 amide bonds. The zero-order valence-electron chi connectivity index (χ0n) is 13.8. The molecule has 1 aromatic carbocycles. The van der Waals surface area contributed by atoms with Crippen LogP contribution in [0.25, 0.3) is 0 Å². The molecule has 0 aliphatic heterocycles. The molecule has 0 radical (unpaired) electrons. The number of rotatable bonds is 8. The van der Waals surface area contributed by atoms with Crippen LogP contribution in [0.5, 0.6) is 0 Å². The van der Waals surface area contributed by atoms with Crippen molar-refractivity contribution in [2.75, 3.05) is 20.1 Å². The van der Waals surface area contributed by atoms with Gasteiger partial charge >= 0.3 is 0 Å². The van der Waals surface area contributed by atoms with Crippen LogP contribution < -0.4 is 5.32 Å². The van der Waals surface area contributed by atoms with Gasteiger partial charge in [-0.1, -0.05) is 43.6 Å². The lowest BCUT2D eigenvalue weighted by Crippen LogP contribution is -2.42. The Morgan fingerprint density at radius 3 is 2.62 bits per heavy atom. The Bertz CT molecular complexity index is 458. The monoisotopic (exact) mass is 308 g/mol. The molecule has 2 unspecified atom stereocenters. The Morgan fingerprint density at radius 2 is 2.05 bits per heavy atom. The van der Waals surface area contributed by atoms with Crippen LogP contribution in [0.2, 0.25) is 5.02 Å². The highest BCUT2D eigenvalue weighted by Crippen LogP contribution is 2.31. The van der Waals surface area contributed by atoms with E-state index < -0.39 is 0 Å². The normalized spacial score (nSPS) is 19.5. The van der Waals surface area contributed by atoms with E-state index in [1.165, 1.54) is 24.8 Å². The van der Waals surface area contributed by atoms with Crippen LogP contribution in [0.4, 0.5) is 0 Å². The fraction of sp³-hybridized carbons (Fsp3) is 0.667. The van der Waals surface area contributed by atoms with Gasteiger partial charge in [0.2, 0.25) is 0 Å². The minimum atomic E-state index is 0.312. The molecule has 0 aromatic heterocycles. The molecule has 1 aliphatic carbocycles. The van der Waals surface area contributed by atoms with Gasteiger partial charge in [-0.05, 0) is 50.3 Å². The molecule has 0 heterocycles. The van der Waals surface area contributed by atoms with Gasteiger partial charge in [0.15, 0.2) is 0 Å². The first-order valence-electron chi connectivity index (χ1n) is 8.13. The van der Waals surface area contributed by atoms with E-state index >= 15 is 0 Å². The highest BCUT2D eigenvalue weighted by molar-refractivity contribution is 6.31. The maximum Gasteiger partial charge on any atom is 0.0453 e. The van der Waals surface area contributed by atoms with Crippen LogP contribution >= 0.6 is 11.6 Å². The highest BCUT2D eigenvalue weighted by atomic mass is 35.5. The largest absolute Gasteiger partial charge is 0.313 e. The average Bonchev–Trinajstić information content (AvgIpc) is 3.29. The second-order valence-electron chi connectivity index (χ2n) is 6.93. The van der Waals surface area contributed by atoms with Gasteiger partial charge in [0.05, 0.1) is 0 Å². The van der Waals surface area contributed by atoms with Crippen molar-refractivity contribution in [2.24, 2.45) is 5.41 Å². The second kappa shape index (κ2) is 7.13. The number of hydrogen-bond donors (Lipinski definition) is 1. The Hall–Kier alpha value is -0.570. The first-order chi connectivity index (χ1) is 9.95. The Balaban J connectivity index is 1.97. The van der Waals surface area contributed by atoms with Gasteiger partial charge in [-0.15, -0.1) is 0 Å². The predicted molar refractivity (Wildman–Crippen MR) is 91.9 cm³/mol. The maximum absolute atomic E-state index is 6.34. The van der Waals surface area contributed by atoms with Crippen LogP contribution in [-0.4, -0.2) is 31.1 Å². The summed E-state index contributed by atoms with van der Waals surface area (Å²) in [6.45, 7) is 9.11. The third-order valence-corrected chi connectivity index (χ3v) is 5.24. The summed E-state index contributed by atoms with van der Waals surface area (Å²) in [5.41, 5.74) is 1.53. The minimum Gasteiger partial charge on any atom is -0.313 e. The van der Waals surface area contributed by atoms with Crippen LogP contribution in [-0.2, 0) is 0 Å². The Morgan fingerprint density at radius 1 is 1.38 bits per heavy atom. The SMILES string of the molecule is CCC(C)(CNC1CC1)CN(C)C(C)c1ccccc1Cl. The van der Waals surface area contributed by atoms with Gasteiger partial charge in [-0.25, -0.2) is 0 Å². The van der Waals surface area contributed by atoms with Crippen molar-refractivity contribution in [3.8, 4) is 0 Å². The molecule has 1 aromatic rings. The van der Waals surface area contributed by atoms with Crippen molar-refractivity contribution in [3.05, 3.63) is 34.9 Å². The molecule has 3 heteroatoms. The summed E-state index contributed by atoms with van der Waals surface area (Å²) in [5, 5.41) is 4.56. The van der Waals surface area contributed by atoms with Gasteiger partial charge in [-0.3, -0.25) is 4.90 Å². The zero-order valence-corrected chi connectivity index (χ0v) is 14.6. The van der Waals surface area contributed by atoms with Crippen molar-refractivity contribution in [1.82, 2.24) is 10.2 Å². The molecule has 2 atom stereocenters. The van der Waals surface area contributed by atoms with E-state index in [-0.39, 0.29) is 0 Å². The molecule has 2 rings (SSSR count). The van der Waals surface area contributed by atoms with Gasteiger partial charge in [0.25, 0.3) is 0 Å². The van der Waals surface area contributed by atoms with E-state index in [9.17, 15) is 0 Å². The third-order valence-electron chi connectivity index (χ3n) is 4.90. The summed E-state index contributed by atoms with van der Waals surface area (Å²) in [6.07, 6.45) is 3.89. The van der Waals surface area contributed by atoms with Gasteiger partial charge in [0, 0.05) is 30.2 Å². The average molecular weight is 309 g/mol. The van der Waals surface area contributed by atoms with Crippen LogP contribution in [0, 0.1) is 5.41 Å². The Labute approximate surface area is 134 Å². The molecular formula is C18H29ClN2. The fourth-order valence-corrected chi connectivity index (χ4v) is 3.05. The summed E-state index contributed by atoms with van der Waals surface area (Å²) in [4.78, 5) is 2.43. The van der Waals surface area contributed by atoms with E-state index in [4.69, 9.17) is 11.6 Å². The third kappa shape index (κ3) is 4.70. The molecule has 0 spiro atoms. The van der Waals surface area contributed by atoms with Crippen molar-refractivity contribution in [2.45, 2.75) is 52.1 Å². The lowest BCUT2D eigenvalue weighted by atomic mass is 9.86. The molecular weight excluding hydrogens is 280 g/mol. The van der Waals surface area contributed by atoms with E-state index in [0.717, 1.165) is 24.2 Å². The van der Waals surface area contributed by atoms with E-state index in [1.54, 1.807) is 0 Å². The van der Waals surface area contributed by atoms with E-state index in [0.29, 0.717) is 11.5 Å². The van der Waals surface area contributed by atoms with E-state index in [2.05, 4.69) is 50.2 Å². The van der Waals surface area contributed by atoms with Crippen molar-refractivity contribution < 1.29 is 0 Å². The molecule has 0 bridgehead atoms. The number of nitrogens with one attached hydrogen (secondary N) is 1. The summed E-state index contributed by atoms with van der Waals surface area (Å²) in [7, 11) is 2.21. The van der Waals surface area contributed by atoms with Gasteiger partial charge in [0.1, 0.15) is 0 Å². The van der Waals surface area contributed by atoms with Crippen molar-refractivity contribution in [3.63, 3.8) is 0 Å². The number of nitrogens with zero attached hydrogens (tertiary/aromatic N) is 1. The minimum absolute atomic E-state index is 0.312. The lowest BCUT2D eigenvalue weighted by molar-refractivity contribution is 0.147. The molecule has 1 aliphatic rings. The van der Waals surface area contributed by atoms with Crippen molar-refractivity contribution in [1.29, 1.82) is 0 Å². The fourth-order valence-electron chi connectivity index (χ4n) is 2.76. The topological polar surface area (TPSA) is 15.3 Å². The highest BCUT2D eigenvalue weighted by Gasteiger charge is 2.29. The second-order valence-corrected chi connectivity index (χ2v) is 7.34. The zero-order chi connectivity index (χ0) is 15.5. The van der Waals surface area contributed by atoms with Crippen LogP contribution in [0.3, 0.4) is 0 Å². The lowest BCUT2D eigenvalue weighted by Gasteiger charge is -2.36. The molecule has 2 nitrogen and oxygen atoms in total. The van der Waals surface area contributed by atoms with Crippen molar-refractivity contribution >= 4 is 11.6 Å². The summed E-state index contributed by atoms with van der Waals surface area (Å²) in [6, 6.07) is 9.30. The molecule has 21 heavy (non-hydrogen) atoms. The Kier molecular flexibility index (Phi) is 5.70. The maximum atomic E-state index is 6.34. The smallest absolute Gasteiger partial charge is 0.0453 e. The molecule has 1 fully saturated rings. The van der Waals surface area contributed by atoms with Crippen LogP contribution in [0.1, 0.15) is 51.6 Å². The van der Waals surface area contributed by atoms with Gasteiger partial charge < -0.3 is 5.32 Å². The summed E-state index contributed by atoms with van der Waals surface area (Å²) < 4.78 is 0. The molecule has 0 saturated heterocycles. The standard InChI is InChI=1S/C18H29ClN2/c1-5-18(3,12-20-15-10-11-15)13-21(4)14(2)16-8-6-7-9-17(16)19/h6-9,14-15,20H,5,10-13H2,1-4H3. The first kappa shape index (κ1) is 16.8. The first-order valence-corrected chi connectivity index (χ1v) is 8.51. The molecule has 118 valence electrons. The van der Waals surface area contributed by atoms with Gasteiger partial charge in [-0.2, -0.15) is 0 Å². The number of hydrogen-bond acceptors (Lipinski definition) is 2. The van der Waals surface area contributed by atoms with Crippen LogP contribution in [0.15, 0.2) is 24.3 Å². The van der Waals surface area contributed by atoms with E-state index in [1.807, 2.05) is 12.1 Å². The predicted octanol–water partition coefficient (Wildman–Crippen LogP) is 4.50. The number of halogens is 1. The molecule has 1 N–H and O–H groups in total. The quantitative estimate of drug-likeness (QED) is 0.760.